The van der Waals surface area contributed by atoms with Gasteiger partial charge in [-0.25, -0.2) is 9.97 Å². The highest BCUT2D eigenvalue weighted by atomic mass is 32.2. The van der Waals surface area contributed by atoms with Gasteiger partial charge < -0.3 is 9.80 Å². The Morgan fingerprint density at radius 3 is 2.63 bits per heavy atom. The van der Waals surface area contributed by atoms with E-state index in [0.29, 0.717) is 0 Å². The van der Waals surface area contributed by atoms with Crippen LogP contribution < -0.4 is 9.80 Å². The zero-order chi connectivity index (χ0) is 18.5. The SMILES string of the molecule is Cc1csc(N2CCCN(c3cncc(SCc4ccccc4)n3)CC2)n1. The van der Waals surface area contributed by atoms with Crippen molar-refractivity contribution in [2.24, 2.45) is 0 Å². The Hall–Kier alpha value is -2.12. The Balaban J connectivity index is 1.39. The van der Waals surface area contributed by atoms with E-state index in [4.69, 9.17) is 4.98 Å². The Bertz CT molecular complexity index is 868. The fourth-order valence-corrected chi connectivity index (χ4v) is 4.77. The standard InChI is InChI=1S/C20H23N5S2/c1-16-14-27-20(22-16)25-9-5-8-24(10-11-25)18-12-21-13-19(23-18)26-15-17-6-3-2-4-7-17/h2-4,6-7,12-14H,5,8-11,15H2,1H3. The van der Waals surface area contributed by atoms with Crippen molar-refractivity contribution in [2.45, 2.75) is 24.1 Å². The molecule has 140 valence electrons. The molecule has 3 heterocycles. The topological polar surface area (TPSA) is 45.2 Å². The summed E-state index contributed by atoms with van der Waals surface area (Å²) in [6.07, 6.45) is 4.84. The zero-order valence-corrected chi connectivity index (χ0v) is 17.0. The van der Waals surface area contributed by atoms with Crippen molar-refractivity contribution < 1.29 is 0 Å². The number of benzene rings is 1. The molecule has 0 saturated carbocycles. The largest absolute Gasteiger partial charge is 0.353 e. The van der Waals surface area contributed by atoms with Crippen molar-refractivity contribution in [2.75, 3.05) is 36.0 Å². The minimum atomic E-state index is 0.913. The van der Waals surface area contributed by atoms with Crippen LogP contribution in [0.15, 0.2) is 53.1 Å². The number of thioether (sulfide) groups is 1. The van der Waals surface area contributed by atoms with Crippen LogP contribution in [0.4, 0.5) is 10.9 Å². The lowest BCUT2D eigenvalue weighted by Gasteiger charge is -2.22. The summed E-state index contributed by atoms with van der Waals surface area (Å²) >= 11 is 3.47. The Morgan fingerprint density at radius 1 is 1.00 bits per heavy atom. The van der Waals surface area contributed by atoms with Gasteiger partial charge in [-0.05, 0) is 18.9 Å². The first kappa shape index (κ1) is 18.3. The van der Waals surface area contributed by atoms with Crippen LogP contribution in [0, 0.1) is 6.92 Å². The van der Waals surface area contributed by atoms with Crippen molar-refractivity contribution in [3.63, 3.8) is 0 Å². The molecule has 0 bridgehead atoms. The zero-order valence-electron chi connectivity index (χ0n) is 15.4. The van der Waals surface area contributed by atoms with Gasteiger partial charge in [-0.1, -0.05) is 30.3 Å². The van der Waals surface area contributed by atoms with Gasteiger partial charge in [0.05, 0.1) is 18.1 Å². The predicted molar refractivity (Wildman–Crippen MR) is 114 cm³/mol. The maximum Gasteiger partial charge on any atom is 0.185 e. The Morgan fingerprint density at radius 2 is 1.81 bits per heavy atom. The van der Waals surface area contributed by atoms with E-state index >= 15 is 0 Å². The molecule has 0 radical (unpaired) electrons. The second-order valence-corrected chi connectivity index (χ2v) is 8.42. The van der Waals surface area contributed by atoms with Crippen LogP contribution in [-0.4, -0.2) is 41.1 Å². The maximum atomic E-state index is 4.85. The molecule has 1 fully saturated rings. The van der Waals surface area contributed by atoms with E-state index in [9.17, 15) is 0 Å². The third-order valence-electron chi connectivity index (χ3n) is 4.53. The van der Waals surface area contributed by atoms with Crippen LogP contribution in [-0.2, 0) is 5.75 Å². The van der Waals surface area contributed by atoms with Crippen molar-refractivity contribution in [1.29, 1.82) is 0 Å². The van der Waals surface area contributed by atoms with E-state index in [1.165, 1.54) is 5.56 Å². The normalized spacial score (nSPS) is 15.0. The van der Waals surface area contributed by atoms with Gasteiger partial charge in [0.25, 0.3) is 0 Å². The molecule has 1 aliphatic heterocycles. The molecular weight excluding hydrogens is 374 g/mol. The van der Waals surface area contributed by atoms with E-state index in [2.05, 4.69) is 56.3 Å². The van der Waals surface area contributed by atoms with Gasteiger partial charge in [0.1, 0.15) is 10.8 Å². The van der Waals surface area contributed by atoms with Crippen LogP contribution in [0.2, 0.25) is 0 Å². The highest BCUT2D eigenvalue weighted by Gasteiger charge is 2.18. The molecule has 0 atom stereocenters. The first-order valence-electron chi connectivity index (χ1n) is 9.19. The summed E-state index contributed by atoms with van der Waals surface area (Å²) in [5.41, 5.74) is 2.41. The van der Waals surface area contributed by atoms with Gasteiger partial charge >= 0.3 is 0 Å². The average Bonchev–Trinajstić information content (AvgIpc) is 2.99. The van der Waals surface area contributed by atoms with E-state index in [1.54, 1.807) is 23.1 Å². The van der Waals surface area contributed by atoms with E-state index in [1.807, 2.05) is 18.5 Å². The van der Waals surface area contributed by atoms with Gasteiger partial charge in [-0.15, -0.1) is 23.1 Å². The molecule has 1 aromatic carbocycles. The van der Waals surface area contributed by atoms with Gasteiger partial charge in [0.15, 0.2) is 5.13 Å². The highest BCUT2D eigenvalue weighted by Crippen LogP contribution is 2.25. The number of hydrogen-bond donors (Lipinski definition) is 0. The average molecular weight is 398 g/mol. The molecule has 7 heteroatoms. The van der Waals surface area contributed by atoms with Crippen molar-refractivity contribution in [3.05, 3.63) is 59.4 Å². The summed E-state index contributed by atoms with van der Waals surface area (Å²) in [7, 11) is 0. The highest BCUT2D eigenvalue weighted by molar-refractivity contribution is 7.98. The van der Waals surface area contributed by atoms with Crippen LogP contribution >= 0.6 is 23.1 Å². The fraction of sp³-hybridized carbons (Fsp3) is 0.350. The molecule has 1 saturated heterocycles. The van der Waals surface area contributed by atoms with Crippen LogP contribution in [0.5, 0.6) is 0 Å². The molecule has 0 unspecified atom stereocenters. The third-order valence-corrected chi connectivity index (χ3v) is 6.52. The number of thiazole rings is 1. The molecule has 2 aromatic heterocycles. The molecule has 1 aliphatic rings. The molecule has 27 heavy (non-hydrogen) atoms. The second kappa shape index (κ2) is 8.71. The van der Waals surface area contributed by atoms with Gasteiger partial charge in [-0.3, -0.25) is 4.98 Å². The quantitative estimate of drug-likeness (QED) is 0.600. The molecule has 4 rings (SSSR count). The molecule has 0 amide bonds. The first-order chi connectivity index (χ1) is 13.3. The number of aromatic nitrogens is 3. The summed E-state index contributed by atoms with van der Waals surface area (Å²) < 4.78 is 0. The Labute approximate surface area is 168 Å². The van der Waals surface area contributed by atoms with E-state index in [0.717, 1.165) is 60.0 Å². The molecule has 3 aromatic rings. The van der Waals surface area contributed by atoms with Crippen molar-refractivity contribution in [1.82, 2.24) is 15.0 Å². The minimum absolute atomic E-state index is 0.913. The smallest absolute Gasteiger partial charge is 0.185 e. The second-order valence-electron chi connectivity index (χ2n) is 6.59. The van der Waals surface area contributed by atoms with E-state index in [-0.39, 0.29) is 0 Å². The van der Waals surface area contributed by atoms with Crippen LogP contribution in [0.3, 0.4) is 0 Å². The number of rotatable bonds is 5. The van der Waals surface area contributed by atoms with Gasteiger partial charge in [-0.2, -0.15) is 0 Å². The van der Waals surface area contributed by atoms with Crippen LogP contribution in [0.25, 0.3) is 0 Å². The maximum absolute atomic E-state index is 4.85. The lowest BCUT2D eigenvalue weighted by atomic mass is 10.2. The summed E-state index contributed by atoms with van der Waals surface area (Å²) in [5, 5.41) is 4.23. The monoisotopic (exact) mass is 397 g/mol. The Kier molecular flexibility index (Phi) is 5.89. The number of anilines is 2. The van der Waals surface area contributed by atoms with Crippen LogP contribution in [0.1, 0.15) is 17.7 Å². The predicted octanol–water partition coefficient (Wildman–Crippen LogP) is 4.25. The number of hydrogen-bond acceptors (Lipinski definition) is 7. The summed E-state index contributed by atoms with van der Waals surface area (Å²) in [4.78, 5) is 18.7. The summed E-state index contributed by atoms with van der Waals surface area (Å²) in [6, 6.07) is 10.5. The molecular formula is C20H23N5S2. The molecule has 0 aliphatic carbocycles. The fourth-order valence-electron chi connectivity index (χ4n) is 3.12. The third kappa shape index (κ3) is 4.78. The van der Waals surface area contributed by atoms with Gasteiger partial charge in [0.2, 0.25) is 0 Å². The van der Waals surface area contributed by atoms with Gasteiger partial charge in [0, 0.05) is 37.3 Å². The van der Waals surface area contributed by atoms with E-state index < -0.39 is 0 Å². The summed E-state index contributed by atoms with van der Waals surface area (Å²) in [5.74, 6) is 1.89. The minimum Gasteiger partial charge on any atom is -0.353 e. The number of aryl methyl sites for hydroxylation is 1. The van der Waals surface area contributed by atoms with Crippen molar-refractivity contribution >= 4 is 34.0 Å². The summed E-state index contributed by atoms with van der Waals surface area (Å²) in [6.45, 7) is 6.01. The molecule has 5 nitrogen and oxygen atoms in total. The number of nitrogens with zero attached hydrogens (tertiary/aromatic N) is 5. The first-order valence-corrected chi connectivity index (χ1v) is 11.1. The lowest BCUT2D eigenvalue weighted by Crippen LogP contribution is -2.31. The molecule has 0 N–H and O–H groups in total. The lowest BCUT2D eigenvalue weighted by molar-refractivity contribution is 0.787. The molecule has 0 spiro atoms. The van der Waals surface area contributed by atoms with Crippen molar-refractivity contribution in [3.8, 4) is 0 Å².